The van der Waals surface area contributed by atoms with E-state index in [0.29, 0.717) is 64.7 Å². The van der Waals surface area contributed by atoms with Crippen molar-refractivity contribution >= 4 is 30.1 Å². The monoisotopic (exact) mass is 455 g/mol. The minimum absolute atomic E-state index is 0.143. The third kappa shape index (κ3) is 4.25. The van der Waals surface area contributed by atoms with Gasteiger partial charge in [-0.15, -0.1) is 0 Å². The molecule has 0 aromatic heterocycles. The van der Waals surface area contributed by atoms with Crippen molar-refractivity contribution in [1.82, 2.24) is 12.9 Å². The second-order valence-electron chi connectivity index (χ2n) is 7.60. The summed E-state index contributed by atoms with van der Waals surface area (Å²) in [6.07, 6.45) is 4.17. The van der Waals surface area contributed by atoms with Crippen molar-refractivity contribution in [3.63, 3.8) is 0 Å². The van der Waals surface area contributed by atoms with Gasteiger partial charge in [-0.25, -0.2) is 33.9 Å². The van der Waals surface area contributed by atoms with Crippen LogP contribution in [0.5, 0.6) is 0 Å². The van der Waals surface area contributed by atoms with Gasteiger partial charge in [-0.2, -0.15) is 0 Å². The summed E-state index contributed by atoms with van der Waals surface area (Å²) in [5.74, 6) is 0.143. The van der Waals surface area contributed by atoms with E-state index in [-0.39, 0.29) is 12.3 Å². The SMILES string of the molecule is C=CN1CCC(CCCN2CCC(CCN3CCCS3(=O)=O)S2(=O)=O)S1(=O)=O. The maximum Gasteiger partial charge on any atom is 0.237 e. The van der Waals surface area contributed by atoms with Gasteiger partial charge in [0.25, 0.3) is 0 Å². The molecule has 2 unspecified atom stereocenters. The molecule has 3 rings (SSSR count). The number of hydrogen-bond donors (Lipinski definition) is 0. The lowest BCUT2D eigenvalue weighted by Crippen LogP contribution is -2.34. The Balaban J connectivity index is 1.49. The molecule has 3 aliphatic heterocycles. The Bertz CT molecular complexity index is 900. The topological polar surface area (TPSA) is 112 Å². The third-order valence-corrected chi connectivity index (χ3v) is 12.6. The van der Waals surface area contributed by atoms with Crippen LogP contribution in [0.15, 0.2) is 12.8 Å². The van der Waals surface area contributed by atoms with Gasteiger partial charge < -0.3 is 0 Å². The van der Waals surface area contributed by atoms with Gasteiger partial charge in [-0.1, -0.05) is 6.58 Å². The van der Waals surface area contributed by atoms with Gasteiger partial charge in [0, 0.05) is 38.9 Å². The summed E-state index contributed by atoms with van der Waals surface area (Å²) < 4.78 is 77.8. The molecule has 0 aromatic rings. The maximum absolute atomic E-state index is 12.7. The molecule has 0 N–H and O–H groups in total. The molecule has 3 heterocycles. The van der Waals surface area contributed by atoms with Crippen molar-refractivity contribution in [2.45, 2.75) is 49.0 Å². The zero-order valence-electron chi connectivity index (χ0n) is 15.9. The minimum atomic E-state index is -3.46. The molecule has 3 fully saturated rings. The molecular weight excluding hydrogens is 426 g/mol. The first-order chi connectivity index (χ1) is 13.1. The summed E-state index contributed by atoms with van der Waals surface area (Å²) in [7, 11) is -10.0. The zero-order valence-corrected chi connectivity index (χ0v) is 18.4. The standard InChI is InChI=1S/C16H29N3O6S3/c1-2-17-11-6-15(27(17,22)23)5-3-9-19-13-8-16(28(19,24)25)7-12-18-10-4-14-26(18,20)21/h2,15-16H,1,3-14H2. The lowest BCUT2D eigenvalue weighted by atomic mass is 10.2. The van der Waals surface area contributed by atoms with E-state index in [1.54, 1.807) is 0 Å². The van der Waals surface area contributed by atoms with Crippen LogP contribution in [-0.4, -0.2) is 87.1 Å². The van der Waals surface area contributed by atoms with Crippen molar-refractivity contribution in [2.75, 3.05) is 38.5 Å². The summed E-state index contributed by atoms with van der Waals surface area (Å²) in [6, 6.07) is 0. The largest absolute Gasteiger partial charge is 0.278 e. The molecular formula is C16H29N3O6S3. The highest BCUT2D eigenvalue weighted by atomic mass is 32.2. The van der Waals surface area contributed by atoms with Crippen LogP contribution in [0.4, 0.5) is 0 Å². The van der Waals surface area contributed by atoms with Gasteiger partial charge in [-0.05, 0) is 38.5 Å². The van der Waals surface area contributed by atoms with E-state index in [1.165, 1.54) is 19.1 Å². The number of hydrogen-bond acceptors (Lipinski definition) is 6. The third-order valence-electron chi connectivity index (χ3n) is 5.94. The first-order valence-corrected chi connectivity index (χ1v) is 14.3. The average molecular weight is 456 g/mol. The molecule has 162 valence electrons. The van der Waals surface area contributed by atoms with Gasteiger partial charge in [0.05, 0.1) is 16.3 Å². The average Bonchev–Trinajstić information content (AvgIpc) is 3.19. The number of rotatable bonds is 8. The number of nitrogens with zero attached hydrogens (tertiary/aromatic N) is 3. The predicted molar refractivity (Wildman–Crippen MR) is 107 cm³/mol. The smallest absolute Gasteiger partial charge is 0.237 e. The maximum atomic E-state index is 12.7. The first kappa shape index (κ1) is 22.0. The fraction of sp³-hybridized carbons (Fsp3) is 0.875. The van der Waals surface area contributed by atoms with Crippen molar-refractivity contribution in [1.29, 1.82) is 0 Å². The van der Waals surface area contributed by atoms with Gasteiger partial charge in [-0.3, -0.25) is 4.31 Å². The molecule has 0 radical (unpaired) electrons. The van der Waals surface area contributed by atoms with Crippen LogP contribution in [0.1, 0.15) is 38.5 Å². The Labute approximate surface area is 168 Å². The van der Waals surface area contributed by atoms with E-state index in [1.807, 2.05) is 0 Å². The summed E-state index contributed by atoms with van der Waals surface area (Å²) in [6.45, 7) is 5.38. The van der Waals surface area contributed by atoms with Crippen LogP contribution in [0, 0.1) is 0 Å². The molecule has 9 nitrogen and oxygen atoms in total. The van der Waals surface area contributed by atoms with Crippen LogP contribution in [0.2, 0.25) is 0 Å². The van der Waals surface area contributed by atoms with Crippen LogP contribution in [0.3, 0.4) is 0 Å². The lowest BCUT2D eigenvalue weighted by molar-refractivity contribution is 0.426. The summed E-state index contributed by atoms with van der Waals surface area (Å²) in [5.41, 5.74) is 0. The van der Waals surface area contributed by atoms with Crippen molar-refractivity contribution in [2.24, 2.45) is 0 Å². The highest BCUT2D eigenvalue weighted by Crippen LogP contribution is 2.29. The van der Waals surface area contributed by atoms with E-state index in [0.717, 1.165) is 0 Å². The quantitative estimate of drug-likeness (QED) is 0.515. The van der Waals surface area contributed by atoms with E-state index in [4.69, 9.17) is 0 Å². The van der Waals surface area contributed by atoms with E-state index >= 15 is 0 Å². The zero-order chi connectivity index (χ0) is 20.6. The molecule has 12 heteroatoms. The summed E-state index contributed by atoms with van der Waals surface area (Å²) >= 11 is 0. The Morgan fingerprint density at radius 3 is 2.11 bits per heavy atom. The first-order valence-electron chi connectivity index (χ1n) is 9.69. The van der Waals surface area contributed by atoms with Crippen LogP contribution < -0.4 is 0 Å². The molecule has 0 bridgehead atoms. The molecule has 0 spiro atoms. The fourth-order valence-corrected chi connectivity index (χ4v) is 9.59. The lowest BCUT2D eigenvalue weighted by Gasteiger charge is -2.20. The molecule has 0 saturated carbocycles. The van der Waals surface area contributed by atoms with Gasteiger partial charge in [0.15, 0.2) is 0 Å². The second kappa shape index (κ2) is 8.21. The molecule has 0 aromatic carbocycles. The van der Waals surface area contributed by atoms with Crippen LogP contribution in [-0.2, 0) is 30.1 Å². The Kier molecular flexibility index (Phi) is 6.45. The molecule has 28 heavy (non-hydrogen) atoms. The summed E-state index contributed by atoms with van der Waals surface area (Å²) in [5, 5.41) is -1.04. The predicted octanol–water partition coefficient (Wildman–Crippen LogP) is 0.144. The molecule has 2 atom stereocenters. The van der Waals surface area contributed by atoms with Crippen LogP contribution in [0.25, 0.3) is 0 Å². The van der Waals surface area contributed by atoms with Crippen LogP contribution >= 0.6 is 0 Å². The van der Waals surface area contributed by atoms with Crippen molar-refractivity contribution in [3.05, 3.63) is 12.8 Å². The molecule has 0 aliphatic carbocycles. The second-order valence-corrected chi connectivity index (χ2v) is 14.1. The van der Waals surface area contributed by atoms with Gasteiger partial charge in [0.2, 0.25) is 30.1 Å². The molecule has 3 saturated heterocycles. The summed E-state index contributed by atoms with van der Waals surface area (Å²) in [4.78, 5) is 0. The Morgan fingerprint density at radius 1 is 0.821 bits per heavy atom. The Morgan fingerprint density at radius 2 is 1.50 bits per heavy atom. The minimum Gasteiger partial charge on any atom is -0.278 e. The van der Waals surface area contributed by atoms with Gasteiger partial charge in [0.1, 0.15) is 0 Å². The number of sulfonamides is 3. The van der Waals surface area contributed by atoms with E-state index in [2.05, 4.69) is 6.58 Å². The van der Waals surface area contributed by atoms with E-state index < -0.39 is 40.6 Å². The molecule has 0 amide bonds. The normalized spacial score (nSPS) is 32.1. The van der Waals surface area contributed by atoms with Crippen molar-refractivity contribution < 1.29 is 25.3 Å². The van der Waals surface area contributed by atoms with Gasteiger partial charge >= 0.3 is 0 Å². The fourth-order valence-electron chi connectivity index (χ4n) is 4.26. The highest BCUT2D eigenvalue weighted by molar-refractivity contribution is 7.90. The highest BCUT2D eigenvalue weighted by Gasteiger charge is 2.40. The van der Waals surface area contributed by atoms with E-state index in [9.17, 15) is 25.3 Å². The molecule has 3 aliphatic rings. The Hall–Kier alpha value is -0.690. The van der Waals surface area contributed by atoms with Crippen molar-refractivity contribution in [3.8, 4) is 0 Å².